The Labute approximate surface area is 158 Å². The molecule has 3 aromatic rings. The number of carbonyl (C=O) groups is 1. The van der Waals surface area contributed by atoms with E-state index >= 15 is 0 Å². The molecule has 138 valence electrons. The van der Waals surface area contributed by atoms with Gasteiger partial charge < -0.3 is 4.74 Å². The molecule has 8 heteroatoms. The third kappa shape index (κ3) is 2.86. The van der Waals surface area contributed by atoms with Crippen LogP contribution in [-0.4, -0.2) is 15.8 Å². The maximum Gasteiger partial charge on any atom is 0.339 e. The summed E-state index contributed by atoms with van der Waals surface area (Å²) in [7, 11) is 0. The number of hydrogen-bond acceptors (Lipinski definition) is 6. The Morgan fingerprint density at radius 2 is 1.25 bits per heavy atom. The third-order valence-corrected chi connectivity index (χ3v) is 4.56. The quantitative estimate of drug-likeness (QED) is 0.378. The second kappa shape index (κ2) is 6.58. The fourth-order valence-electron chi connectivity index (χ4n) is 3.34. The molecule has 0 saturated carbocycles. The maximum atomic E-state index is 12.7. The van der Waals surface area contributed by atoms with Crippen LogP contribution in [0.5, 0.6) is 0 Å². The van der Waals surface area contributed by atoms with E-state index in [1.165, 1.54) is 0 Å². The Morgan fingerprint density at radius 3 is 1.71 bits per heavy atom. The molecule has 28 heavy (non-hydrogen) atoms. The van der Waals surface area contributed by atoms with Gasteiger partial charge in [-0.1, -0.05) is 48.5 Å². The summed E-state index contributed by atoms with van der Waals surface area (Å²) in [6.45, 7) is 0. The smallest absolute Gasteiger partial charge is 0.339 e. The molecule has 0 heterocycles. The number of carbonyl (C=O) groups excluding carboxylic acids is 1. The van der Waals surface area contributed by atoms with E-state index in [-0.39, 0.29) is 5.56 Å². The van der Waals surface area contributed by atoms with E-state index in [4.69, 9.17) is 4.74 Å². The summed E-state index contributed by atoms with van der Waals surface area (Å²) in [5, 5.41) is 22.1. The lowest BCUT2D eigenvalue weighted by atomic mass is 10.1. The highest BCUT2D eigenvalue weighted by molar-refractivity contribution is 5.92. The number of non-ortho nitro benzene ring substituents is 2. The normalized spacial score (nSPS) is 12.1. The molecule has 0 N–H and O–H groups in total. The zero-order valence-electron chi connectivity index (χ0n) is 14.3. The largest absolute Gasteiger partial charge is 0.449 e. The molecule has 0 atom stereocenters. The minimum Gasteiger partial charge on any atom is -0.449 e. The average Bonchev–Trinajstić information content (AvgIpc) is 3.01. The number of nitro groups is 2. The molecule has 0 aliphatic heterocycles. The Hall–Kier alpha value is -4.07. The van der Waals surface area contributed by atoms with Crippen LogP contribution in [-0.2, 0) is 4.74 Å². The van der Waals surface area contributed by atoms with Crippen molar-refractivity contribution in [2.75, 3.05) is 0 Å². The van der Waals surface area contributed by atoms with Gasteiger partial charge in [0.15, 0.2) is 6.10 Å². The Morgan fingerprint density at radius 1 is 0.786 bits per heavy atom. The predicted octanol–water partition coefficient (Wildman–Crippen LogP) is 4.43. The number of esters is 1. The summed E-state index contributed by atoms with van der Waals surface area (Å²) in [5.74, 6) is -0.872. The van der Waals surface area contributed by atoms with Gasteiger partial charge in [0.25, 0.3) is 11.4 Å². The van der Waals surface area contributed by atoms with Crippen LogP contribution in [0.1, 0.15) is 27.6 Å². The number of benzene rings is 3. The standard InChI is InChI=1S/C20H12N2O6/c23-20(12-9-13(21(24)25)11-14(10-12)22(26)27)28-19-17-7-3-1-5-15(17)16-6-2-4-8-18(16)19/h1-11,19H. The zero-order valence-corrected chi connectivity index (χ0v) is 14.3. The fourth-order valence-corrected chi connectivity index (χ4v) is 3.34. The first-order valence-electron chi connectivity index (χ1n) is 8.29. The van der Waals surface area contributed by atoms with Crippen LogP contribution in [0.3, 0.4) is 0 Å². The van der Waals surface area contributed by atoms with Gasteiger partial charge >= 0.3 is 5.97 Å². The van der Waals surface area contributed by atoms with Crippen molar-refractivity contribution in [1.29, 1.82) is 0 Å². The molecule has 8 nitrogen and oxygen atoms in total. The second-order valence-electron chi connectivity index (χ2n) is 6.21. The van der Waals surface area contributed by atoms with E-state index in [1.807, 2.05) is 48.5 Å². The number of nitro benzene ring substituents is 2. The first-order valence-corrected chi connectivity index (χ1v) is 8.29. The molecule has 0 radical (unpaired) electrons. The van der Waals surface area contributed by atoms with E-state index < -0.39 is 33.3 Å². The maximum absolute atomic E-state index is 12.7. The molecular formula is C20H12N2O6. The molecule has 0 saturated heterocycles. The van der Waals surface area contributed by atoms with E-state index in [1.54, 1.807) is 0 Å². The van der Waals surface area contributed by atoms with Gasteiger partial charge in [0.05, 0.1) is 21.5 Å². The van der Waals surface area contributed by atoms with Gasteiger partial charge in [0, 0.05) is 23.3 Å². The molecule has 0 bridgehead atoms. The molecule has 0 amide bonds. The highest BCUT2D eigenvalue weighted by Gasteiger charge is 2.32. The highest BCUT2D eigenvalue weighted by atomic mass is 16.6. The fraction of sp³-hybridized carbons (Fsp3) is 0.0500. The van der Waals surface area contributed by atoms with E-state index in [9.17, 15) is 25.0 Å². The molecule has 4 rings (SSSR count). The second-order valence-corrected chi connectivity index (χ2v) is 6.21. The molecule has 1 aliphatic rings. The van der Waals surface area contributed by atoms with Crippen LogP contribution in [0, 0.1) is 20.2 Å². The minimum absolute atomic E-state index is 0.247. The molecule has 1 aliphatic carbocycles. The summed E-state index contributed by atoms with van der Waals surface area (Å²) in [6.07, 6.45) is -0.696. The average molecular weight is 376 g/mol. The predicted molar refractivity (Wildman–Crippen MR) is 98.9 cm³/mol. The van der Waals surface area contributed by atoms with E-state index in [0.29, 0.717) is 0 Å². The lowest BCUT2D eigenvalue weighted by Crippen LogP contribution is -2.11. The molecule has 0 aromatic heterocycles. The summed E-state index contributed by atoms with van der Waals surface area (Å²) in [5.41, 5.74) is 2.10. The van der Waals surface area contributed by atoms with Crippen LogP contribution >= 0.6 is 0 Å². The van der Waals surface area contributed by atoms with Crippen molar-refractivity contribution in [3.63, 3.8) is 0 Å². The van der Waals surface area contributed by atoms with Crippen molar-refractivity contribution in [1.82, 2.24) is 0 Å². The number of ether oxygens (including phenoxy) is 1. The summed E-state index contributed by atoms with van der Waals surface area (Å²) in [6, 6.07) is 17.7. The topological polar surface area (TPSA) is 113 Å². The molecule has 0 spiro atoms. The zero-order chi connectivity index (χ0) is 19.8. The van der Waals surface area contributed by atoms with Crippen LogP contribution in [0.25, 0.3) is 11.1 Å². The van der Waals surface area contributed by atoms with Crippen molar-refractivity contribution in [2.24, 2.45) is 0 Å². The number of rotatable bonds is 4. The lowest BCUT2D eigenvalue weighted by Gasteiger charge is -2.15. The van der Waals surface area contributed by atoms with Crippen LogP contribution in [0.15, 0.2) is 66.7 Å². The van der Waals surface area contributed by atoms with Gasteiger partial charge in [-0.2, -0.15) is 0 Å². The van der Waals surface area contributed by atoms with Gasteiger partial charge in [-0.25, -0.2) is 4.79 Å². The summed E-state index contributed by atoms with van der Waals surface area (Å²) in [4.78, 5) is 33.2. The first-order chi connectivity index (χ1) is 13.5. The van der Waals surface area contributed by atoms with Crippen molar-refractivity contribution >= 4 is 17.3 Å². The first kappa shape index (κ1) is 17.3. The van der Waals surface area contributed by atoms with E-state index in [0.717, 1.165) is 40.5 Å². The van der Waals surface area contributed by atoms with E-state index in [2.05, 4.69) is 0 Å². The van der Waals surface area contributed by atoms with Gasteiger partial charge in [-0.15, -0.1) is 0 Å². The summed E-state index contributed by atoms with van der Waals surface area (Å²) < 4.78 is 5.64. The van der Waals surface area contributed by atoms with Gasteiger partial charge in [0.2, 0.25) is 0 Å². The van der Waals surface area contributed by atoms with Crippen LogP contribution in [0.2, 0.25) is 0 Å². The van der Waals surface area contributed by atoms with Crippen molar-refractivity contribution in [3.8, 4) is 11.1 Å². The summed E-state index contributed by atoms with van der Waals surface area (Å²) >= 11 is 0. The van der Waals surface area contributed by atoms with Gasteiger partial charge in [0.1, 0.15) is 0 Å². The Balaban J connectivity index is 1.73. The molecular weight excluding hydrogens is 364 g/mol. The van der Waals surface area contributed by atoms with Crippen molar-refractivity contribution in [3.05, 3.63) is 104 Å². The Bertz CT molecular complexity index is 1060. The third-order valence-electron chi connectivity index (χ3n) is 4.56. The highest BCUT2D eigenvalue weighted by Crippen LogP contribution is 2.45. The van der Waals surface area contributed by atoms with Crippen LogP contribution in [0.4, 0.5) is 11.4 Å². The van der Waals surface area contributed by atoms with Gasteiger partial charge in [-0.3, -0.25) is 20.2 Å². The van der Waals surface area contributed by atoms with Crippen molar-refractivity contribution in [2.45, 2.75) is 6.10 Å². The molecule has 0 fully saturated rings. The molecule has 0 unspecified atom stereocenters. The molecule has 3 aromatic carbocycles. The minimum atomic E-state index is -0.872. The monoisotopic (exact) mass is 376 g/mol. The SMILES string of the molecule is O=C(OC1c2ccccc2-c2ccccc21)c1cc([N+](=O)[O-])cc([N+](=O)[O-])c1. The van der Waals surface area contributed by atoms with Gasteiger partial charge in [-0.05, 0) is 11.1 Å². The Kier molecular flexibility index (Phi) is 4.08. The number of hydrogen-bond donors (Lipinski definition) is 0. The number of nitrogens with zero attached hydrogens (tertiary/aromatic N) is 2. The van der Waals surface area contributed by atoms with Crippen LogP contribution < -0.4 is 0 Å². The van der Waals surface area contributed by atoms with Crippen molar-refractivity contribution < 1.29 is 19.4 Å². The lowest BCUT2D eigenvalue weighted by molar-refractivity contribution is -0.394. The number of fused-ring (bicyclic) bond motifs is 3.